The molecule has 124 valence electrons. The Hall–Kier alpha value is -1.56. The second-order valence-corrected chi connectivity index (χ2v) is 6.25. The van der Waals surface area contributed by atoms with E-state index >= 15 is 0 Å². The Morgan fingerprint density at radius 3 is 2.73 bits per heavy atom. The molecule has 1 saturated carbocycles. The molecule has 1 aromatic heterocycles. The summed E-state index contributed by atoms with van der Waals surface area (Å²) in [6.07, 6.45) is 6.78. The minimum absolute atomic E-state index is 0.0293. The average Bonchev–Trinajstić information content (AvgIpc) is 2.92. The number of rotatable bonds is 5. The summed E-state index contributed by atoms with van der Waals surface area (Å²) in [5, 5.41) is 16.6. The largest absolute Gasteiger partial charge is 0.396 e. The molecule has 1 aliphatic carbocycles. The molecule has 1 heterocycles. The Morgan fingerprint density at radius 1 is 1.45 bits per heavy atom. The monoisotopic (exact) mass is 308 g/mol. The van der Waals surface area contributed by atoms with E-state index in [0.29, 0.717) is 12.5 Å². The highest BCUT2D eigenvalue weighted by Crippen LogP contribution is 2.26. The zero-order chi connectivity index (χ0) is 16.1. The molecule has 6 heteroatoms. The number of hydrogen-bond donors (Lipinski definition) is 2. The molecule has 6 nitrogen and oxygen atoms in total. The van der Waals surface area contributed by atoms with Gasteiger partial charge in [0.05, 0.1) is 5.69 Å². The Kier molecular flexibility index (Phi) is 5.83. The van der Waals surface area contributed by atoms with Gasteiger partial charge in [-0.15, -0.1) is 0 Å². The number of carbonyl (C=O) groups excluding carboxylic acids is 1. The Labute approximate surface area is 132 Å². The standard InChI is InChI=1S/C16H28N4O2/c1-4-15-13(10-19(2)18-15)9-17-16(22)20(3)14-7-5-12(11-21)6-8-14/h10,12,14,21H,4-9,11H2,1-3H3,(H,17,22). The molecule has 1 fully saturated rings. The van der Waals surface area contributed by atoms with E-state index in [1.807, 2.05) is 25.2 Å². The summed E-state index contributed by atoms with van der Waals surface area (Å²) < 4.78 is 1.79. The van der Waals surface area contributed by atoms with Crippen LogP contribution in [0.2, 0.25) is 0 Å². The van der Waals surface area contributed by atoms with Crippen molar-refractivity contribution in [2.75, 3.05) is 13.7 Å². The van der Waals surface area contributed by atoms with Gasteiger partial charge in [0.1, 0.15) is 0 Å². The molecule has 0 radical (unpaired) electrons. The number of nitrogens with one attached hydrogen (secondary N) is 1. The highest BCUT2D eigenvalue weighted by atomic mass is 16.3. The highest BCUT2D eigenvalue weighted by molar-refractivity contribution is 5.74. The van der Waals surface area contributed by atoms with Gasteiger partial charge in [0.15, 0.2) is 0 Å². The number of carbonyl (C=O) groups is 1. The van der Waals surface area contributed by atoms with Crippen molar-refractivity contribution in [3.63, 3.8) is 0 Å². The van der Waals surface area contributed by atoms with Crippen molar-refractivity contribution in [2.45, 2.75) is 51.6 Å². The van der Waals surface area contributed by atoms with Gasteiger partial charge < -0.3 is 15.3 Å². The molecule has 1 aliphatic rings. The summed E-state index contributed by atoms with van der Waals surface area (Å²) in [6.45, 7) is 2.86. The van der Waals surface area contributed by atoms with E-state index in [2.05, 4.69) is 17.3 Å². The third-order valence-corrected chi connectivity index (χ3v) is 4.70. The van der Waals surface area contributed by atoms with Crippen LogP contribution < -0.4 is 5.32 Å². The number of urea groups is 1. The molecule has 0 aromatic carbocycles. The maximum atomic E-state index is 12.3. The van der Waals surface area contributed by atoms with Crippen molar-refractivity contribution in [3.05, 3.63) is 17.5 Å². The first-order chi connectivity index (χ1) is 10.5. The predicted octanol–water partition coefficient (Wildman–Crippen LogP) is 1.67. The highest BCUT2D eigenvalue weighted by Gasteiger charge is 2.26. The Balaban J connectivity index is 1.84. The zero-order valence-electron chi connectivity index (χ0n) is 13.9. The number of aryl methyl sites for hydroxylation is 2. The lowest BCUT2D eigenvalue weighted by atomic mass is 9.86. The van der Waals surface area contributed by atoms with E-state index < -0.39 is 0 Å². The second kappa shape index (κ2) is 7.63. The number of aliphatic hydroxyl groups excluding tert-OH is 1. The SMILES string of the molecule is CCc1nn(C)cc1CNC(=O)N(C)C1CCC(CO)CC1. The van der Waals surface area contributed by atoms with E-state index in [1.54, 1.807) is 4.68 Å². The first-order valence-electron chi connectivity index (χ1n) is 8.18. The smallest absolute Gasteiger partial charge is 0.317 e. The molecule has 0 unspecified atom stereocenters. The fraction of sp³-hybridized carbons (Fsp3) is 0.750. The van der Waals surface area contributed by atoms with Crippen molar-refractivity contribution < 1.29 is 9.90 Å². The topological polar surface area (TPSA) is 70.4 Å². The summed E-state index contributed by atoms with van der Waals surface area (Å²) >= 11 is 0. The molecule has 2 N–H and O–H groups in total. The van der Waals surface area contributed by atoms with Crippen LogP contribution in [0, 0.1) is 5.92 Å². The molecule has 1 aromatic rings. The van der Waals surface area contributed by atoms with Crippen LogP contribution in [0.1, 0.15) is 43.9 Å². The number of aliphatic hydroxyl groups is 1. The van der Waals surface area contributed by atoms with Crippen molar-refractivity contribution in [1.82, 2.24) is 20.0 Å². The van der Waals surface area contributed by atoms with Crippen molar-refractivity contribution in [2.24, 2.45) is 13.0 Å². The van der Waals surface area contributed by atoms with Crippen molar-refractivity contribution in [3.8, 4) is 0 Å². The van der Waals surface area contributed by atoms with Crippen molar-refractivity contribution in [1.29, 1.82) is 0 Å². The summed E-state index contributed by atoms with van der Waals surface area (Å²) in [7, 11) is 3.76. The number of nitrogens with zero attached hydrogens (tertiary/aromatic N) is 3. The number of hydrogen-bond acceptors (Lipinski definition) is 3. The molecule has 0 atom stereocenters. The lowest BCUT2D eigenvalue weighted by molar-refractivity contribution is 0.134. The van der Waals surface area contributed by atoms with E-state index in [-0.39, 0.29) is 18.7 Å². The first-order valence-corrected chi connectivity index (χ1v) is 8.18. The Bertz CT molecular complexity index is 492. The van der Waals surface area contributed by atoms with Crippen LogP contribution in [0.4, 0.5) is 4.79 Å². The first kappa shape index (κ1) is 16.8. The molecule has 0 saturated heterocycles. The molecule has 2 rings (SSSR count). The van der Waals surface area contributed by atoms with Crippen LogP contribution in [0.25, 0.3) is 0 Å². The van der Waals surface area contributed by atoms with Crippen LogP contribution in [-0.4, -0.2) is 45.5 Å². The summed E-state index contributed by atoms with van der Waals surface area (Å²) in [5.74, 6) is 0.412. The van der Waals surface area contributed by atoms with Crippen molar-refractivity contribution >= 4 is 6.03 Å². The van der Waals surface area contributed by atoms with Gasteiger partial charge in [-0.3, -0.25) is 4.68 Å². The molecule has 0 spiro atoms. The summed E-state index contributed by atoms with van der Waals surface area (Å²) in [6, 6.07) is 0.251. The fourth-order valence-electron chi connectivity index (χ4n) is 3.21. The molecule has 2 amide bonds. The predicted molar refractivity (Wildman–Crippen MR) is 85.4 cm³/mol. The number of amides is 2. The maximum absolute atomic E-state index is 12.3. The summed E-state index contributed by atoms with van der Waals surface area (Å²) in [4.78, 5) is 14.1. The fourth-order valence-corrected chi connectivity index (χ4v) is 3.21. The van der Waals surface area contributed by atoms with Gasteiger partial charge in [-0.2, -0.15) is 5.10 Å². The zero-order valence-corrected chi connectivity index (χ0v) is 13.9. The summed E-state index contributed by atoms with van der Waals surface area (Å²) in [5.41, 5.74) is 2.12. The quantitative estimate of drug-likeness (QED) is 0.869. The van der Waals surface area contributed by atoms with Crippen LogP contribution in [-0.2, 0) is 20.0 Å². The van der Waals surface area contributed by atoms with Gasteiger partial charge in [0.2, 0.25) is 0 Å². The van der Waals surface area contributed by atoms with Gasteiger partial charge in [0, 0.05) is 45.0 Å². The Morgan fingerprint density at radius 2 is 2.14 bits per heavy atom. The van der Waals surface area contributed by atoms with Gasteiger partial charge in [-0.05, 0) is 38.0 Å². The average molecular weight is 308 g/mol. The van der Waals surface area contributed by atoms with E-state index in [4.69, 9.17) is 0 Å². The van der Waals surface area contributed by atoms with E-state index in [0.717, 1.165) is 43.4 Å². The minimum Gasteiger partial charge on any atom is -0.396 e. The van der Waals surface area contributed by atoms with Crippen LogP contribution in [0.5, 0.6) is 0 Å². The van der Waals surface area contributed by atoms with Gasteiger partial charge in [-0.1, -0.05) is 6.92 Å². The lowest BCUT2D eigenvalue weighted by Gasteiger charge is -2.34. The molecular formula is C16H28N4O2. The molecular weight excluding hydrogens is 280 g/mol. The molecule has 0 aliphatic heterocycles. The van der Waals surface area contributed by atoms with E-state index in [9.17, 15) is 9.90 Å². The lowest BCUT2D eigenvalue weighted by Crippen LogP contribution is -2.45. The van der Waals surface area contributed by atoms with Crippen LogP contribution in [0.15, 0.2) is 6.20 Å². The van der Waals surface area contributed by atoms with Gasteiger partial charge in [0.25, 0.3) is 0 Å². The van der Waals surface area contributed by atoms with E-state index in [1.165, 1.54) is 0 Å². The van der Waals surface area contributed by atoms with Crippen LogP contribution in [0.3, 0.4) is 0 Å². The maximum Gasteiger partial charge on any atom is 0.317 e. The third-order valence-electron chi connectivity index (χ3n) is 4.70. The van der Waals surface area contributed by atoms with Gasteiger partial charge in [-0.25, -0.2) is 4.79 Å². The second-order valence-electron chi connectivity index (χ2n) is 6.25. The normalized spacial score (nSPS) is 21.6. The number of aromatic nitrogens is 2. The molecule has 0 bridgehead atoms. The minimum atomic E-state index is -0.0293. The third kappa shape index (κ3) is 4.00. The van der Waals surface area contributed by atoms with Gasteiger partial charge >= 0.3 is 6.03 Å². The molecule has 22 heavy (non-hydrogen) atoms. The van der Waals surface area contributed by atoms with Crippen LogP contribution >= 0.6 is 0 Å².